The molecule has 4 nitrogen and oxygen atoms in total. The molecule has 0 aliphatic carbocycles. The van der Waals surface area contributed by atoms with Crippen molar-refractivity contribution in [2.24, 2.45) is 0 Å². The van der Waals surface area contributed by atoms with Crippen LogP contribution in [0.2, 0.25) is 0 Å². The van der Waals surface area contributed by atoms with Crippen molar-refractivity contribution < 1.29 is 9.31 Å². The lowest BCUT2D eigenvalue weighted by molar-refractivity contribution is -0.384. The van der Waals surface area contributed by atoms with Gasteiger partial charge in [0, 0.05) is 12.6 Å². The van der Waals surface area contributed by atoms with E-state index < -0.39 is 10.7 Å². The Kier molecular flexibility index (Phi) is 3.26. The van der Waals surface area contributed by atoms with Gasteiger partial charge in [0.1, 0.15) is 11.5 Å². The molecule has 1 fully saturated rings. The van der Waals surface area contributed by atoms with Gasteiger partial charge in [-0.15, -0.1) is 0 Å². The minimum absolute atomic E-state index is 0.140. The van der Waals surface area contributed by atoms with Crippen LogP contribution >= 0.6 is 0 Å². The predicted octanol–water partition coefficient (Wildman–Crippen LogP) is 3.11. The van der Waals surface area contributed by atoms with E-state index in [0.717, 1.165) is 31.9 Å². The molecule has 0 bridgehead atoms. The van der Waals surface area contributed by atoms with E-state index in [0.29, 0.717) is 5.69 Å². The van der Waals surface area contributed by atoms with Gasteiger partial charge in [-0.05, 0) is 38.3 Å². The molecule has 1 atom stereocenters. The first-order chi connectivity index (χ1) is 8.09. The van der Waals surface area contributed by atoms with E-state index in [4.69, 9.17) is 0 Å². The third kappa shape index (κ3) is 2.38. The Morgan fingerprint density at radius 1 is 1.47 bits per heavy atom. The second-order valence-electron chi connectivity index (χ2n) is 4.43. The Labute approximate surface area is 99.2 Å². The molecule has 1 aliphatic rings. The van der Waals surface area contributed by atoms with Crippen LogP contribution in [0.4, 0.5) is 15.8 Å². The Morgan fingerprint density at radius 3 is 2.88 bits per heavy atom. The van der Waals surface area contributed by atoms with E-state index in [1.807, 2.05) is 11.8 Å². The summed E-state index contributed by atoms with van der Waals surface area (Å²) in [5, 5.41) is 10.9. The number of halogens is 1. The molecule has 1 saturated heterocycles. The molecule has 1 aromatic rings. The zero-order valence-corrected chi connectivity index (χ0v) is 9.73. The first-order valence-electron chi connectivity index (χ1n) is 5.80. The standard InChI is InChI=1S/C12H15FN2O2/c1-9-4-2-3-7-14(9)11-6-5-10(13)8-12(11)15(16)17/h5-6,8-9H,2-4,7H2,1H3. The first-order valence-corrected chi connectivity index (χ1v) is 5.80. The number of benzene rings is 1. The molecule has 0 spiro atoms. The van der Waals surface area contributed by atoms with Crippen LogP contribution in [-0.2, 0) is 0 Å². The van der Waals surface area contributed by atoms with Gasteiger partial charge in [0.05, 0.1) is 11.0 Å². The lowest BCUT2D eigenvalue weighted by Crippen LogP contribution is -2.37. The number of nitro benzene ring substituents is 1. The Bertz CT molecular complexity index is 437. The van der Waals surface area contributed by atoms with Gasteiger partial charge in [0.15, 0.2) is 0 Å². The van der Waals surface area contributed by atoms with Crippen molar-refractivity contribution in [1.29, 1.82) is 0 Å². The highest BCUT2D eigenvalue weighted by molar-refractivity contribution is 5.64. The molecule has 0 aromatic heterocycles. The Morgan fingerprint density at radius 2 is 2.24 bits per heavy atom. The smallest absolute Gasteiger partial charge is 0.295 e. The molecular weight excluding hydrogens is 223 g/mol. The Hall–Kier alpha value is -1.65. The molecule has 0 saturated carbocycles. The maximum atomic E-state index is 13.0. The van der Waals surface area contributed by atoms with Crippen molar-refractivity contribution in [3.8, 4) is 0 Å². The van der Waals surface area contributed by atoms with E-state index in [-0.39, 0.29) is 11.7 Å². The maximum Gasteiger partial charge on any atom is 0.295 e. The number of rotatable bonds is 2. The normalized spacial score (nSPS) is 20.4. The fraction of sp³-hybridized carbons (Fsp3) is 0.500. The van der Waals surface area contributed by atoms with Gasteiger partial charge in [-0.2, -0.15) is 0 Å². The van der Waals surface area contributed by atoms with Crippen LogP contribution in [0.3, 0.4) is 0 Å². The van der Waals surface area contributed by atoms with E-state index in [1.54, 1.807) is 0 Å². The third-order valence-corrected chi connectivity index (χ3v) is 3.25. The average molecular weight is 238 g/mol. The van der Waals surface area contributed by atoms with Crippen molar-refractivity contribution >= 4 is 11.4 Å². The monoisotopic (exact) mass is 238 g/mol. The van der Waals surface area contributed by atoms with E-state index in [2.05, 4.69) is 0 Å². The summed E-state index contributed by atoms with van der Waals surface area (Å²) >= 11 is 0. The molecule has 1 aromatic carbocycles. The van der Waals surface area contributed by atoms with Crippen LogP contribution < -0.4 is 4.90 Å². The van der Waals surface area contributed by atoms with Crippen molar-refractivity contribution in [2.75, 3.05) is 11.4 Å². The zero-order valence-electron chi connectivity index (χ0n) is 9.73. The number of nitrogens with zero attached hydrogens (tertiary/aromatic N) is 2. The quantitative estimate of drug-likeness (QED) is 0.587. The lowest BCUT2D eigenvalue weighted by atomic mass is 10.0. The second-order valence-corrected chi connectivity index (χ2v) is 4.43. The molecule has 92 valence electrons. The van der Waals surface area contributed by atoms with Crippen LogP contribution in [0.1, 0.15) is 26.2 Å². The Balaban J connectivity index is 2.39. The number of piperidine rings is 1. The molecule has 1 heterocycles. The predicted molar refractivity (Wildman–Crippen MR) is 63.7 cm³/mol. The number of anilines is 1. The second kappa shape index (κ2) is 4.69. The molecule has 0 radical (unpaired) electrons. The number of nitro groups is 1. The minimum atomic E-state index is -0.565. The lowest BCUT2D eigenvalue weighted by Gasteiger charge is -2.34. The van der Waals surface area contributed by atoms with Crippen molar-refractivity contribution in [3.05, 3.63) is 34.1 Å². The largest absolute Gasteiger partial charge is 0.363 e. The molecule has 0 N–H and O–H groups in total. The van der Waals surface area contributed by atoms with Crippen molar-refractivity contribution in [3.63, 3.8) is 0 Å². The van der Waals surface area contributed by atoms with Gasteiger partial charge >= 0.3 is 0 Å². The highest BCUT2D eigenvalue weighted by atomic mass is 19.1. The van der Waals surface area contributed by atoms with Crippen LogP contribution in [0.15, 0.2) is 18.2 Å². The maximum absolute atomic E-state index is 13.0. The van der Waals surface area contributed by atoms with Crippen molar-refractivity contribution in [1.82, 2.24) is 0 Å². The van der Waals surface area contributed by atoms with E-state index >= 15 is 0 Å². The van der Waals surface area contributed by atoms with Crippen LogP contribution in [0, 0.1) is 15.9 Å². The van der Waals surface area contributed by atoms with E-state index in [9.17, 15) is 14.5 Å². The molecule has 1 aliphatic heterocycles. The van der Waals surface area contributed by atoms with Gasteiger partial charge in [0.2, 0.25) is 0 Å². The van der Waals surface area contributed by atoms with Crippen molar-refractivity contribution in [2.45, 2.75) is 32.2 Å². The van der Waals surface area contributed by atoms with Gasteiger partial charge in [-0.25, -0.2) is 4.39 Å². The summed E-state index contributed by atoms with van der Waals surface area (Å²) in [6.45, 7) is 2.85. The van der Waals surface area contributed by atoms with Gasteiger partial charge in [0.25, 0.3) is 5.69 Å². The van der Waals surface area contributed by atoms with Crippen LogP contribution in [0.5, 0.6) is 0 Å². The highest BCUT2D eigenvalue weighted by Gasteiger charge is 2.25. The summed E-state index contributed by atoms with van der Waals surface area (Å²) in [6, 6.07) is 4.06. The zero-order chi connectivity index (χ0) is 12.4. The summed E-state index contributed by atoms with van der Waals surface area (Å²) < 4.78 is 13.0. The SMILES string of the molecule is CC1CCCCN1c1ccc(F)cc1[N+](=O)[O-]. The number of hydrogen-bond acceptors (Lipinski definition) is 3. The van der Waals surface area contributed by atoms with E-state index in [1.165, 1.54) is 12.1 Å². The third-order valence-electron chi connectivity index (χ3n) is 3.25. The highest BCUT2D eigenvalue weighted by Crippen LogP contribution is 2.33. The molecular formula is C12H15FN2O2. The molecule has 0 amide bonds. The average Bonchev–Trinajstić information content (AvgIpc) is 2.30. The number of hydrogen-bond donors (Lipinski definition) is 0. The molecule has 5 heteroatoms. The first kappa shape index (κ1) is 11.8. The molecule has 1 unspecified atom stereocenters. The van der Waals surface area contributed by atoms with Crippen LogP contribution in [0.25, 0.3) is 0 Å². The minimum Gasteiger partial charge on any atom is -0.363 e. The summed E-state index contributed by atoms with van der Waals surface area (Å²) in [6.07, 6.45) is 3.19. The fourth-order valence-electron chi connectivity index (χ4n) is 2.34. The topological polar surface area (TPSA) is 46.4 Å². The van der Waals surface area contributed by atoms with Crippen LogP contribution in [-0.4, -0.2) is 17.5 Å². The summed E-state index contributed by atoms with van der Waals surface area (Å²) in [7, 11) is 0. The summed E-state index contributed by atoms with van der Waals surface area (Å²) in [5.41, 5.74) is 0.391. The molecule has 17 heavy (non-hydrogen) atoms. The fourth-order valence-corrected chi connectivity index (χ4v) is 2.34. The molecule has 2 rings (SSSR count). The summed E-state index contributed by atoms with van der Waals surface area (Å²) in [4.78, 5) is 12.4. The van der Waals surface area contributed by atoms with Gasteiger partial charge in [-0.3, -0.25) is 10.1 Å². The summed E-state index contributed by atoms with van der Waals surface area (Å²) in [5.74, 6) is -0.565. The van der Waals surface area contributed by atoms with Gasteiger partial charge < -0.3 is 4.90 Å². The van der Waals surface area contributed by atoms with Gasteiger partial charge in [-0.1, -0.05) is 0 Å².